The van der Waals surface area contributed by atoms with E-state index in [4.69, 9.17) is 10.6 Å². The van der Waals surface area contributed by atoms with Crippen LogP contribution in [0, 0.1) is 0 Å². The summed E-state index contributed by atoms with van der Waals surface area (Å²) in [6.07, 6.45) is 1.61. The van der Waals surface area contributed by atoms with Crippen molar-refractivity contribution in [1.82, 2.24) is 9.97 Å². The van der Waals surface area contributed by atoms with Gasteiger partial charge in [-0.05, 0) is 28.1 Å². The van der Waals surface area contributed by atoms with Gasteiger partial charge in [0.15, 0.2) is 0 Å². The quantitative estimate of drug-likeness (QED) is 0.551. The van der Waals surface area contributed by atoms with Crippen molar-refractivity contribution in [2.75, 3.05) is 17.9 Å². The van der Waals surface area contributed by atoms with Crippen molar-refractivity contribution in [3.05, 3.63) is 33.3 Å². The van der Waals surface area contributed by atoms with Gasteiger partial charge in [0, 0.05) is 22.4 Å². The molecule has 4 N–H and O–H groups in total. The Morgan fingerprint density at radius 3 is 2.74 bits per heavy atom. The lowest BCUT2D eigenvalue weighted by Crippen LogP contribution is -2.11. The first kappa shape index (κ1) is 14.0. The first-order valence-electron chi connectivity index (χ1n) is 5.23. The lowest BCUT2D eigenvalue weighted by atomic mass is 10.3. The van der Waals surface area contributed by atoms with E-state index in [1.807, 2.05) is 18.2 Å². The zero-order chi connectivity index (χ0) is 13.8. The van der Waals surface area contributed by atoms with Crippen LogP contribution in [0.4, 0.5) is 17.5 Å². The minimum atomic E-state index is 0.327. The fourth-order valence-electron chi connectivity index (χ4n) is 1.41. The van der Waals surface area contributed by atoms with Crippen LogP contribution in [0.25, 0.3) is 0 Å². The highest BCUT2D eigenvalue weighted by Crippen LogP contribution is 2.29. The fraction of sp³-hybridized carbons (Fsp3) is 0.0909. The number of hydrogen-bond donors (Lipinski definition) is 3. The van der Waals surface area contributed by atoms with E-state index in [-0.39, 0.29) is 0 Å². The lowest BCUT2D eigenvalue weighted by Gasteiger charge is -2.10. The number of nitrogens with zero attached hydrogens (tertiary/aromatic N) is 2. The smallest absolute Gasteiger partial charge is 0.239 e. The van der Waals surface area contributed by atoms with Gasteiger partial charge in [0.1, 0.15) is 11.6 Å². The van der Waals surface area contributed by atoms with Gasteiger partial charge in [-0.15, -0.1) is 0 Å². The van der Waals surface area contributed by atoms with Gasteiger partial charge in [-0.1, -0.05) is 15.9 Å². The Labute approximate surface area is 127 Å². The molecule has 0 saturated heterocycles. The molecule has 0 radical (unpaired) electrons. The average molecular weight is 389 g/mol. The Balaban J connectivity index is 2.32. The van der Waals surface area contributed by atoms with Crippen molar-refractivity contribution in [3.8, 4) is 5.75 Å². The Morgan fingerprint density at radius 2 is 2.05 bits per heavy atom. The molecule has 0 atom stereocenters. The highest BCUT2D eigenvalue weighted by Gasteiger charge is 2.06. The van der Waals surface area contributed by atoms with Crippen LogP contribution in [0.5, 0.6) is 5.75 Å². The van der Waals surface area contributed by atoms with Crippen molar-refractivity contribution < 1.29 is 4.74 Å². The monoisotopic (exact) mass is 387 g/mol. The molecule has 1 aromatic heterocycles. The summed E-state index contributed by atoms with van der Waals surface area (Å²) in [6, 6.07) is 5.63. The van der Waals surface area contributed by atoms with E-state index in [0.717, 1.165) is 20.4 Å². The third kappa shape index (κ3) is 3.55. The van der Waals surface area contributed by atoms with Gasteiger partial charge in [-0.25, -0.2) is 10.8 Å². The van der Waals surface area contributed by atoms with Crippen LogP contribution >= 0.6 is 31.9 Å². The van der Waals surface area contributed by atoms with E-state index < -0.39 is 0 Å². The Morgan fingerprint density at radius 1 is 1.26 bits per heavy atom. The van der Waals surface area contributed by atoms with Crippen LogP contribution < -0.4 is 21.3 Å². The predicted molar refractivity (Wildman–Crippen MR) is 81.5 cm³/mol. The van der Waals surface area contributed by atoms with E-state index in [2.05, 4.69) is 52.6 Å². The minimum Gasteiger partial charge on any atom is -0.497 e. The number of methoxy groups -OCH3 is 1. The van der Waals surface area contributed by atoms with E-state index >= 15 is 0 Å². The second-order valence-corrected chi connectivity index (χ2v) is 5.31. The summed E-state index contributed by atoms with van der Waals surface area (Å²) in [4.78, 5) is 8.19. The van der Waals surface area contributed by atoms with Gasteiger partial charge < -0.3 is 10.1 Å². The fourth-order valence-corrected chi connectivity index (χ4v) is 2.18. The third-order valence-electron chi connectivity index (χ3n) is 2.24. The molecular weight excluding hydrogens is 378 g/mol. The maximum atomic E-state index is 5.29. The molecule has 0 fully saturated rings. The first-order chi connectivity index (χ1) is 9.12. The third-order valence-corrected chi connectivity index (χ3v) is 3.28. The average Bonchev–Trinajstić information content (AvgIpc) is 2.40. The largest absolute Gasteiger partial charge is 0.497 e. The van der Waals surface area contributed by atoms with Crippen molar-refractivity contribution >= 4 is 49.3 Å². The first-order valence-corrected chi connectivity index (χ1v) is 6.81. The molecule has 2 rings (SSSR count). The van der Waals surface area contributed by atoms with E-state index in [1.165, 1.54) is 0 Å². The number of aromatic nitrogens is 2. The van der Waals surface area contributed by atoms with Gasteiger partial charge in [-0.2, -0.15) is 4.98 Å². The van der Waals surface area contributed by atoms with Crippen molar-refractivity contribution in [2.24, 2.45) is 5.84 Å². The SMILES string of the molecule is COc1cc(Br)cc(Nc2nc(NN)ncc2Br)c1. The van der Waals surface area contributed by atoms with Crippen molar-refractivity contribution in [2.45, 2.75) is 0 Å². The second kappa shape index (κ2) is 6.18. The number of benzene rings is 1. The van der Waals surface area contributed by atoms with Gasteiger partial charge in [0.05, 0.1) is 11.6 Å². The van der Waals surface area contributed by atoms with Crippen LogP contribution in [0.1, 0.15) is 0 Å². The molecule has 0 spiro atoms. The van der Waals surface area contributed by atoms with Crippen LogP contribution in [0.3, 0.4) is 0 Å². The molecule has 100 valence electrons. The van der Waals surface area contributed by atoms with Crippen LogP contribution in [0.2, 0.25) is 0 Å². The van der Waals surface area contributed by atoms with Crippen LogP contribution in [0.15, 0.2) is 33.3 Å². The molecule has 0 bridgehead atoms. The molecule has 0 aliphatic rings. The number of hydrazine groups is 1. The number of hydrogen-bond acceptors (Lipinski definition) is 6. The molecule has 8 heteroatoms. The normalized spacial score (nSPS) is 10.1. The van der Waals surface area contributed by atoms with Gasteiger partial charge in [-0.3, -0.25) is 5.43 Å². The summed E-state index contributed by atoms with van der Waals surface area (Å²) in [7, 11) is 1.61. The maximum Gasteiger partial charge on any atom is 0.239 e. The molecule has 2 aromatic rings. The van der Waals surface area contributed by atoms with Gasteiger partial charge in [0.2, 0.25) is 5.95 Å². The van der Waals surface area contributed by atoms with E-state index in [9.17, 15) is 0 Å². The molecule has 0 unspecified atom stereocenters. The molecule has 6 nitrogen and oxygen atoms in total. The molecule has 1 heterocycles. The van der Waals surface area contributed by atoms with E-state index in [0.29, 0.717) is 11.8 Å². The minimum absolute atomic E-state index is 0.327. The summed E-state index contributed by atoms with van der Waals surface area (Å²) in [5.74, 6) is 6.95. The van der Waals surface area contributed by atoms with Crippen molar-refractivity contribution in [3.63, 3.8) is 0 Å². The Kier molecular flexibility index (Phi) is 4.56. The molecular formula is C11H11Br2N5O. The number of nitrogens with one attached hydrogen (secondary N) is 2. The highest BCUT2D eigenvalue weighted by molar-refractivity contribution is 9.10. The summed E-state index contributed by atoms with van der Waals surface area (Å²) in [5, 5.41) is 3.16. The summed E-state index contributed by atoms with van der Waals surface area (Å²) < 4.78 is 6.83. The summed E-state index contributed by atoms with van der Waals surface area (Å²) in [5.41, 5.74) is 3.22. The second-order valence-electron chi connectivity index (χ2n) is 3.54. The molecule has 0 aliphatic heterocycles. The van der Waals surface area contributed by atoms with Gasteiger partial charge in [0.25, 0.3) is 0 Å². The Hall–Kier alpha value is -1.38. The molecule has 0 aliphatic carbocycles. The number of ether oxygens (including phenoxy) is 1. The summed E-state index contributed by atoms with van der Waals surface area (Å²) in [6.45, 7) is 0. The van der Waals surface area contributed by atoms with Crippen molar-refractivity contribution in [1.29, 1.82) is 0 Å². The number of nitrogens with two attached hydrogens (primary N) is 1. The predicted octanol–water partition coefficient (Wildman–Crippen LogP) is 3.04. The molecule has 1 aromatic carbocycles. The van der Waals surface area contributed by atoms with Gasteiger partial charge >= 0.3 is 0 Å². The highest BCUT2D eigenvalue weighted by atomic mass is 79.9. The standard InChI is InChI=1S/C11H11Br2N5O/c1-19-8-3-6(12)2-7(4-8)16-10-9(13)5-15-11(17-10)18-14/h2-5H,14H2,1H3,(H2,15,16,17,18). The lowest BCUT2D eigenvalue weighted by molar-refractivity contribution is 0.415. The number of nitrogen functional groups attached to an aromatic ring is 1. The summed E-state index contributed by atoms with van der Waals surface area (Å²) >= 11 is 6.79. The Bertz CT molecular complexity index is 593. The van der Waals surface area contributed by atoms with E-state index in [1.54, 1.807) is 13.3 Å². The topological polar surface area (TPSA) is 85.1 Å². The number of anilines is 3. The zero-order valence-corrected chi connectivity index (χ0v) is 13.1. The van der Waals surface area contributed by atoms with Crippen LogP contribution in [-0.2, 0) is 0 Å². The van der Waals surface area contributed by atoms with Crippen LogP contribution in [-0.4, -0.2) is 17.1 Å². The molecule has 19 heavy (non-hydrogen) atoms. The zero-order valence-electron chi connectivity index (χ0n) is 9.95. The molecule has 0 amide bonds. The number of halogens is 2. The maximum absolute atomic E-state index is 5.29. The number of rotatable bonds is 4. The molecule has 0 saturated carbocycles.